The molecule has 156 valence electrons. The van der Waals surface area contributed by atoms with E-state index in [1.165, 1.54) is 18.2 Å². The van der Waals surface area contributed by atoms with Crippen LogP contribution in [-0.2, 0) is 4.79 Å². The van der Waals surface area contributed by atoms with E-state index in [0.29, 0.717) is 18.8 Å². The third-order valence-corrected chi connectivity index (χ3v) is 5.64. The molecule has 1 saturated heterocycles. The first-order valence-corrected chi connectivity index (χ1v) is 9.95. The lowest BCUT2D eigenvalue weighted by Gasteiger charge is -2.32. The molecule has 1 aromatic heterocycles. The third kappa shape index (κ3) is 4.07. The first kappa shape index (κ1) is 20.1. The van der Waals surface area contributed by atoms with Crippen molar-refractivity contribution in [3.63, 3.8) is 0 Å². The lowest BCUT2D eigenvalue weighted by atomic mass is 10.0. The molecule has 10 heteroatoms. The summed E-state index contributed by atoms with van der Waals surface area (Å²) in [6.07, 6.45) is 1.52. The number of rotatable bonds is 5. The first-order valence-electron chi connectivity index (χ1n) is 9.58. The van der Waals surface area contributed by atoms with E-state index in [2.05, 4.69) is 10.3 Å². The topological polar surface area (TPSA) is 113 Å². The highest BCUT2D eigenvalue weighted by atomic mass is 35.5. The largest absolute Gasteiger partial charge is 0.326 e. The van der Waals surface area contributed by atoms with Crippen LogP contribution in [0.1, 0.15) is 18.9 Å². The van der Waals surface area contributed by atoms with Crippen LogP contribution in [0.4, 0.5) is 11.4 Å². The van der Waals surface area contributed by atoms with Gasteiger partial charge in [-0.05, 0) is 37.1 Å². The van der Waals surface area contributed by atoms with Crippen LogP contribution in [-0.4, -0.2) is 44.9 Å². The number of halogens is 1. The van der Waals surface area contributed by atoms with Crippen molar-refractivity contribution in [2.75, 3.05) is 25.0 Å². The summed E-state index contributed by atoms with van der Waals surface area (Å²) in [5, 5.41) is 13.5. The minimum absolute atomic E-state index is 0.0252. The lowest BCUT2D eigenvalue weighted by molar-refractivity contribution is -0.384. The molecule has 1 aliphatic rings. The van der Waals surface area contributed by atoms with Gasteiger partial charge in [-0.1, -0.05) is 23.7 Å². The van der Waals surface area contributed by atoms with Gasteiger partial charge in [0.05, 0.1) is 22.5 Å². The number of aromatic nitrogens is 2. The van der Waals surface area contributed by atoms with Crippen LogP contribution in [0.3, 0.4) is 0 Å². The van der Waals surface area contributed by atoms with Crippen molar-refractivity contribution < 1.29 is 9.72 Å². The summed E-state index contributed by atoms with van der Waals surface area (Å²) in [4.78, 5) is 39.9. The maximum Gasteiger partial charge on any atom is 0.326 e. The van der Waals surface area contributed by atoms with Gasteiger partial charge in [-0.15, -0.1) is 0 Å². The van der Waals surface area contributed by atoms with Gasteiger partial charge in [0, 0.05) is 30.9 Å². The summed E-state index contributed by atoms with van der Waals surface area (Å²) in [6, 6.07) is 11.8. The van der Waals surface area contributed by atoms with E-state index in [0.717, 1.165) is 23.9 Å². The van der Waals surface area contributed by atoms with E-state index in [1.807, 2.05) is 33.7 Å². The number of nitrogens with one attached hydrogen (secondary N) is 2. The van der Waals surface area contributed by atoms with E-state index in [-0.39, 0.29) is 34.9 Å². The number of benzene rings is 2. The summed E-state index contributed by atoms with van der Waals surface area (Å²) in [5.41, 5.74) is 1.82. The molecule has 0 bridgehead atoms. The number of nitrogens with zero attached hydrogens (tertiary/aromatic N) is 3. The Labute approximate surface area is 176 Å². The Morgan fingerprint density at radius 3 is 2.67 bits per heavy atom. The number of anilines is 1. The van der Waals surface area contributed by atoms with Crippen molar-refractivity contribution in [2.45, 2.75) is 18.9 Å². The molecule has 4 rings (SSSR count). The quantitative estimate of drug-likeness (QED) is 0.477. The molecular weight excluding hydrogens is 410 g/mol. The van der Waals surface area contributed by atoms with Crippen molar-refractivity contribution in [1.29, 1.82) is 0 Å². The van der Waals surface area contributed by atoms with Crippen LogP contribution in [0, 0.1) is 10.1 Å². The average Bonchev–Trinajstić information content (AvgIpc) is 3.04. The average molecular weight is 430 g/mol. The van der Waals surface area contributed by atoms with Crippen molar-refractivity contribution >= 4 is 39.9 Å². The number of amides is 1. The monoisotopic (exact) mass is 429 g/mol. The van der Waals surface area contributed by atoms with Crippen molar-refractivity contribution in [3.05, 3.63) is 68.1 Å². The number of imidazole rings is 1. The van der Waals surface area contributed by atoms with Crippen LogP contribution < -0.4 is 11.0 Å². The maximum absolute atomic E-state index is 12.4. The zero-order valence-corrected chi connectivity index (χ0v) is 16.8. The molecule has 0 atom stereocenters. The van der Waals surface area contributed by atoms with Crippen molar-refractivity contribution in [2.24, 2.45) is 0 Å². The number of para-hydroxylation sites is 2. The Morgan fingerprint density at radius 1 is 1.23 bits per heavy atom. The van der Waals surface area contributed by atoms with Gasteiger partial charge in [0.1, 0.15) is 5.02 Å². The second kappa shape index (κ2) is 8.29. The molecule has 2 aromatic carbocycles. The number of carbonyl (C=O) groups excluding carboxylic acids is 1. The molecule has 2 N–H and O–H groups in total. The predicted octanol–water partition coefficient (Wildman–Crippen LogP) is 3.17. The molecule has 1 amide bonds. The second-order valence-electron chi connectivity index (χ2n) is 7.30. The van der Waals surface area contributed by atoms with Crippen LogP contribution in [0.2, 0.25) is 5.02 Å². The smallest absolute Gasteiger partial charge is 0.325 e. The number of H-pyrrole nitrogens is 1. The van der Waals surface area contributed by atoms with Gasteiger partial charge in [0.2, 0.25) is 5.91 Å². The third-order valence-electron chi connectivity index (χ3n) is 5.34. The van der Waals surface area contributed by atoms with Crippen molar-refractivity contribution in [1.82, 2.24) is 14.5 Å². The zero-order chi connectivity index (χ0) is 21.3. The van der Waals surface area contributed by atoms with Crippen LogP contribution in [0.15, 0.2) is 47.3 Å². The molecule has 0 unspecified atom stereocenters. The van der Waals surface area contributed by atoms with Crippen LogP contribution in [0.5, 0.6) is 0 Å². The molecule has 0 saturated carbocycles. The Balaban J connectivity index is 1.35. The summed E-state index contributed by atoms with van der Waals surface area (Å²) < 4.78 is 1.81. The van der Waals surface area contributed by atoms with E-state index in [1.54, 1.807) is 0 Å². The number of hydrogen-bond acceptors (Lipinski definition) is 5. The number of aromatic amines is 1. The van der Waals surface area contributed by atoms with Crippen molar-refractivity contribution in [3.8, 4) is 0 Å². The Bertz CT molecular complexity index is 1160. The van der Waals surface area contributed by atoms with Gasteiger partial charge in [-0.2, -0.15) is 0 Å². The fraction of sp³-hybridized carbons (Fsp3) is 0.300. The fourth-order valence-electron chi connectivity index (χ4n) is 3.91. The molecule has 30 heavy (non-hydrogen) atoms. The first-order chi connectivity index (χ1) is 14.4. The minimum atomic E-state index is -0.572. The van der Waals surface area contributed by atoms with Crippen LogP contribution >= 0.6 is 11.6 Å². The molecular formula is C20H20ClN5O4. The highest BCUT2D eigenvalue weighted by Gasteiger charge is 2.24. The van der Waals surface area contributed by atoms with Gasteiger partial charge in [-0.25, -0.2) is 4.79 Å². The van der Waals surface area contributed by atoms with Gasteiger partial charge in [0.25, 0.3) is 5.69 Å². The number of fused-ring (bicyclic) bond motifs is 1. The standard InChI is InChI=1S/C20H20ClN5O4/c21-15-11-13(5-6-17(15)26(29)30)22-19(27)12-24-9-7-14(8-10-24)25-18-4-2-1-3-16(18)23-20(25)28/h1-6,11,14H,7-10,12H2,(H,22,27)(H,23,28). The number of nitro groups is 1. The molecule has 0 radical (unpaired) electrons. The second-order valence-corrected chi connectivity index (χ2v) is 7.70. The van der Waals surface area contributed by atoms with Gasteiger partial charge in [0.15, 0.2) is 0 Å². The Hall–Kier alpha value is -3.17. The summed E-state index contributed by atoms with van der Waals surface area (Å²) in [5.74, 6) is -0.220. The predicted molar refractivity (Wildman–Crippen MR) is 114 cm³/mol. The molecule has 9 nitrogen and oxygen atoms in total. The normalized spacial score (nSPS) is 15.4. The molecule has 0 aliphatic carbocycles. The Morgan fingerprint density at radius 2 is 1.97 bits per heavy atom. The Kier molecular flexibility index (Phi) is 5.56. The summed E-state index contributed by atoms with van der Waals surface area (Å²) in [6.45, 7) is 1.57. The lowest BCUT2D eigenvalue weighted by Crippen LogP contribution is -2.40. The van der Waals surface area contributed by atoms with Gasteiger partial charge < -0.3 is 10.3 Å². The van der Waals surface area contributed by atoms with E-state index in [9.17, 15) is 19.7 Å². The maximum atomic E-state index is 12.4. The SMILES string of the molecule is O=C(CN1CCC(n2c(=O)[nH]c3ccccc32)CC1)Nc1ccc([N+](=O)[O-])c(Cl)c1. The summed E-state index contributed by atoms with van der Waals surface area (Å²) >= 11 is 5.89. The van der Waals surface area contributed by atoms with E-state index >= 15 is 0 Å². The highest BCUT2D eigenvalue weighted by Crippen LogP contribution is 2.28. The van der Waals surface area contributed by atoms with E-state index in [4.69, 9.17) is 11.6 Å². The zero-order valence-electron chi connectivity index (χ0n) is 16.0. The van der Waals surface area contributed by atoms with E-state index < -0.39 is 4.92 Å². The molecule has 1 aliphatic heterocycles. The highest BCUT2D eigenvalue weighted by molar-refractivity contribution is 6.33. The van der Waals surface area contributed by atoms with Gasteiger partial charge in [-0.3, -0.25) is 24.4 Å². The number of likely N-dealkylation sites (tertiary alicyclic amines) is 1. The number of nitro benzene ring substituents is 1. The van der Waals surface area contributed by atoms with Crippen LogP contribution in [0.25, 0.3) is 11.0 Å². The molecule has 1 fully saturated rings. The number of carbonyl (C=O) groups is 1. The van der Waals surface area contributed by atoms with Gasteiger partial charge >= 0.3 is 5.69 Å². The minimum Gasteiger partial charge on any atom is -0.325 e. The molecule has 0 spiro atoms. The summed E-state index contributed by atoms with van der Waals surface area (Å²) in [7, 11) is 0. The number of hydrogen-bond donors (Lipinski definition) is 2. The molecule has 2 heterocycles. The molecule has 3 aromatic rings. The number of piperidine rings is 1. The fourth-order valence-corrected chi connectivity index (χ4v) is 4.16.